The second kappa shape index (κ2) is 16.8. The maximum atomic E-state index is 13.4. The van der Waals surface area contributed by atoms with E-state index in [1.807, 2.05) is 19.1 Å². The molecule has 2 aromatic rings. The number of furan rings is 1. The van der Waals surface area contributed by atoms with Gasteiger partial charge in [0, 0.05) is 0 Å². The summed E-state index contributed by atoms with van der Waals surface area (Å²) in [4.78, 5) is 50.4. The Kier molecular flexibility index (Phi) is 13.5. The molecule has 1 aromatic heterocycles. The van der Waals surface area contributed by atoms with Gasteiger partial charge < -0.3 is 23.4 Å². The molecule has 1 aliphatic rings. The Morgan fingerprint density at radius 1 is 1.00 bits per heavy atom. The van der Waals surface area contributed by atoms with Crippen molar-refractivity contribution in [3.05, 3.63) is 70.7 Å². The first kappa shape index (κ1) is 34.6. The number of hydrogen-bond acceptors (Lipinski definition) is 11. The molecule has 0 bridgehead atoms. The number of benzene rings is 1. The van der Waals surface area contributed by atoms with Crippen molar-refractivity contribution in [1.29, 1.82) is 0 Å². The summed E-state index contributed by atoms with van der Waals surface area (Å²) < 4.78 is 26.2. The van der Waals surface area contributed by atoms with Crippen LogP contribution in [0.3, 0.4) is 0 Å². The summed E-state index contributed by atoms with van der Waals surface area (Å²) in [6, 6.07) is 10.2. The van der Waals surface area contributed by atoms with Gasteiger partial charge in [-0.2, -0.15) is 0 Å². The summed E-state index contributed by atoms with van der Waals surface area (Å²) in [5.41, 5.74) is 1.57. The van der Waals surface area contributed by atoms with Crippen molar-refractivity contribution in [2.24, 2.45) is 5.92 Å². The quantitative estimate of drug-likeness (QED) is 0.0710. The van der Waals surface area contributed by atoms with Crippen LogP contribution in [0.4, 0.5) is 0 Å². The van der Waals surface area contributed by atoms with Crippen molar-refractivity contribution in [3.63, 3.8) is 0 Å². The fourth-order valence-corrected chi connectivity index (χ4v) is 8.21. The Morgan fingerprint density at radius 3 is 2.23 bits per heavy atom. The van der Waals surface area contributed by atoms with Crippen molar-refractivity contribution >= 4 is 59.0 Å². The number of methoxy groups -OCH3 is 3. The van der Waals surface area contributed by atoms with Gasteiger partial charge in [-0.1, -0.05) is 29.8 Å². The Bertz CT molecular complexity index is 1270. The number of hydrogen-bond donors (Lipinski definition) is 0. The number of esters is 4. The van der Waals surface area contributed by atoms with Crippen LogP contribution in [0.25, 0.3) is 0 Å². The van der Waals surface area contributed by atoms with Crippen LogP contribution in [-0.2, 0) is 34.4 Å². The summed E-state index contributed by atoms with van der Waals surface area (Å²) in [5, 5.41) is 0. The fraction of sp³-hybridized carbons (Fsp3) is 0.484. The third-order valence-electron chi connectivity index (χ3n) is 6.99. The van der Waals surface area contributed by atoms with Gasteiger partial charge in [-0.15, -0.1) is 35.1 Å². The van der Waals surface area contributed by atoms with Crippen molar-refractivity contribution < 1.29 is 42.5 Å². The number of allylic oxidation sites excluding steroid dienone is 2. The van der Waals surface area contributed by atoms with E-state index in [0.717, 1.165) is 23.5 Å². The van der Waals surface area contributed by atoms with E-state index >= 15 is 0 Å². The van der Waals surface area contributed by atoms with Gasteiger partial charge in [-0.05, 0) is 68.7 Å². The normalized spacial score (nSPS) is 15.4. The second-order valence-corrected chi connectivity index (χ2v) is 13.2. The first-order valence-electron chi connectivity index (χ1n) is 13.8. The predicted molar refractivity (Wildman–Crippen MR) is 166 cm³/mol. The molecule has 1 aliphatic heterocycles. The average molecular weight is 653 g/mol. The van der Waals surface area contributed by atoms with Crippen LogP contribution in [0.1, 0.15) is 77.4 Å². The van der Waals surface area contributed by atoms with Gasteiger partial charge in [0.05, 0.1) is 32.8 Å². The van der Waals surface area contributed by atoms with Crippen LogP contribution in [0, 0.1) is 5.92 Å². The molecule has 3 rings (SSSR count). The van der Waals surface area contributed by atoms with E-state index in [-0.39, 0.29) is 23.6 Å². The van der Waals surface area contributed by atoms with Crippen LogP contribution in [0.15, 0.2) is 52.5 Å². The monoisotopic (exact) mass is 652 g/mol. The molecule has 2 heterocycles. The third kappa shape index (κ3) is 9.06. The molecule has 0 amide bonds. The molecule has 0 N–H and O–H groups in total. The number of carbonyl (C=O) groups is 4. The number of alkyl halides is 1. The number of ether oxygens (including phenoxy) is 4. The van der Waals surface area contributed by atoms with Crippen LogP contribution in [0.2, 0.25) is 0 Å². The Hall–Kier alpha value is -2.89. The molecular weight excluding hydrogens is 616 g/mol. The minimum absolute atomic E-state index is 0.0244. The fourth-order valence-electron chi connectivity index (χ4n) is 4.68. The minimum atomic E-state index is -0.997. The highest BCUT2D eigenvalue weighted by Crippen LogP contribution is 2.56. The Balaban J connectivity index is 1.93. The number of thioether (sulfide) groups is 2. The van der Waals surface area contributed by atoms with Crippen LogP contribution in [-0.4, -0.2) is 60.8 Å². The van der Waals surface area contributed by atoms with E-state index in [9.17, 15) is 19.2 Å². The first-order chi connectivity index (χ1) is 20.7. The largest absolute Gasteiger partial charge is 0.468 e. The van der Waals surface area contributed by atoms with Gasteiger partial charge in [0.15, 0.2) is 17.8 Å². The van der Waals surface area contributed by atoms with Crippen molar-refractivity contribution in [3.8, 4) is 0 Å². The highest BCUT2D eigenvalue weighted by molar-refractivity contribution is 8.18. The molecule has 1 atom stereocenters. The van der Waals surface area contributed by atoms with E-state index < -0.39 is 40.0 Å². The molecule has 0 unspecified atom stereocenters. The molecule has 43 heavy (non-hydrogen) atoms. The van der Waals surface area contributed by atoms with E-state index in [4.69, 9.17) is 35.0 Å². The average Bonchev–Trinajstić information content (AvgIpc) is 3.48. The molecule has 12 heteroatoms. The Morgan fingerprint density at radius 2 is 1.65 bits per heavy atom. The van der Waals surface area contributed by atoms with Gasteiger partial charge in [-0.3, -0.25) is 9.59 Å². The summed E-state index contributed by atoms with van der Waals surface area (Å²) in [6.45, 7) is 1.97. The lowest BCUT2D eigenvalue weighted by atomic mass is 9.99. The zero-order valence-electron chi connectivity index (χ0n) is 24.7. The van der Waals surface area contributed by atoms with Crippen LogP contribution < -0.4 is 0 Å². The molecular formula is C31H37ClO9S2. The molecule has 0 radical (unpaired) electrons. The SMILES string of the molecule is COC(=O)c1cc(CCl)oc1[C@H](OC(=O)c1ccccc1)C1(CC/C(C)=C/CCC(C(=O)OC)C(=O)OC)SCCCS1. The van der Waals surface area contributed by atoms with Gasteiger partial charge in [0.1, 0.15) is 15.4 Å². The van der Waals surface area contributed by atoms with Crippen molar-refractivity contribution in [2.45, 2.75) is 55.1 Å². The molecule has 9 nitrogen and oxygen atoms in total. The third-order valence-corrected chi connectivity index (χ3v) is 10.8. The first-order valence-corrected chi connectivity index (χ1v) is 16.3. The van der Waals surface area contributed by atoms with Crippen molar-refractivity contribution in [2.75, 3.05) is 32.8 Å². The lowest BCUT2D eigenvalue weighted by Gasteiger charge is -2.41. The topological polar surface area (TPSA) is 118 Å². The highest BCUT2D eigenvalue weighted by atomic mass is 35.5. The van der Waals surface area contributed by atoms with Crippen LogP contribution >= 0.6 is 35.1 Å². The molecule has 1 fully saturated rings. The molecule has 234 valence electrons. The summed E-state index contributed by atoms with van der Waals surface area (Å²) in [7, 11) is 3.75. The van der Waals surface area contributed by atoms with E-state index in [0.29, 0.717) is 30.6 Å². The van der Waals surface area contributed by atoms with Crippen LogP contribution in [0.5, 0.6) is 0 Å². The lowest BCUT2D eigenvalue weighted by molar-refractivity contribution is -0.159. The number of rotatable bonds is 14. The summed E-state index contributed by atoms with van der Waals surface area (Å²) >= 11 is 9.43. The zero-order valence-corrected chi connectivity index (χ0v) is 27.1. The summed E-state index contributed by atoms with van der Waals surface area (Å²) in [6.07, 6.45) is 3.93. The highest BCUT2D eigenvalue weighted by Gasteiger charge is 2.48. The molecule has 1 aromatic carbocycles. The van der Waals surface area contributed by atoms with E-state index in [1.54, 1.807) is 47.8 Å². The molecule has 0 aliphatic carbocycles. The molecule has 0 spiro atoms. The van der Waals surface area contributed by atoms with Gasteiger partial charge >= 0.3 is 23.9 Å². The standard InChI is InChI=1S/C31H37ClO9S2/c1-20(10-8-13-23(28(34)37-2)29(35)38-3)14-15-31(42-16-9-17-43-31)26(41-27(33)21-11-6-5-7-12-21)25-24(30(36)39-4)18-22(19-32)40-25/h5-7,10-12,18,23,26H,8-9,13-17,19H2,1-4H3/b20-10+/t26-/m0/s1. The Labute approximate surface area is 265 Å². The van der Waals surface area contributed by atoms with E-state index in [2.05, 4.69) is 0 Å². The van der Waals surface area contributed by atoms with Gasteiger partial charge in [-0.25, -0.2) is 9.59 Å². The minimum Gasteiger partial charge on any atom is -0.468 e. The smallest absolute Gasteiger partial charge is 0.341 e. The van der Waals surface area contributed by atoms with Gasteiger partial charge in [0.2, 0.25) is 0 Å². The number of halogens is 1. The maximum absolute atomic E-state index is 13.4. The summed E-state index contributed by atoms with van der Waals surface area (Å²) in [5.74, 6) is -1.18. The van der Waals surface area contributed by atoms with E-state index in [1.165, 1.54) is 27.4 Å². The molecule has 0 saturated carbocycles. The maximum Gasteiger partial charge on any atom is 0.341 e. The second-order valence-electron chi connectivity index (χ2n) is 9.86. The lowest BCUT2D eigenvalue weighted by Crippen LogP contribution is -2.36. The number of carbonyl (C=O) groups excluding carboxylic acids is 4. The predicted octanol–water partition coefficient (Wildman–Crippen LogP) is 6.74. The van der Waals surface area contributed by atoms with Crippen molar-refractivity contribution in [1.82, 2.24) is 0 Å². The molecule has 1 saturated heterocycles. The zero-order chi connectivity index (χ0) is 31.4. The van der Waals surface area contributed by atoms with Gasteiger partial charge in [0.25, 0.3) is 0 Å².